The highest BCUT2D eigenvalue weighted by Gasteiger charge is 2.36. The molecule has 1 aliphatic heterocycles. The van der Waals surface area contributed by atoms with E-state index < -0.39 is 0 Å². The lowest BCUT2D eigenvalue weighted by Gasteiger charge is -2.42. The lowest BCUT2D eigenvalue weighted by molar-refractivity contribution is -0.117. The van der Waals surface area contributed by atoms with E-state index in [9.17, 15) is 4.79 Å². The van der Waals surface area contributed by atoms with Crippen molar-refractivity contribution in [2.75, 3.05) is 11.4 Å². The van der Waals surface area contributed by atoms with Gasteiger partial charge in [0.15, 0.2) is 0 Å². The van der Waals surface area contributed by atoms with Crippen molar-refractivity contribution in [2.45, 2.75) is 25.7 Å². The predicted octanol–water partition coefficient (Wildman–Crippen LogP) is 4.65. The van der Waals surface area contributed by atoms with Gasteiger partial charge in [-0.1, -0.05) is 37.0 Å². The molecule has 1 heterocycles. The molecule has 3 nitrogen and oxygen atoms in total. The molecule has 0 unspecified atom stereocenters. The van der Waals surface area contributed by atoms with Gasteiger partial charge in [-0.25, -0.2) is 0 Å². The molecule has 23 heavy (non-hydrogen) atoms. The van der Waals surface area contributed by atoms with Gasteiger partial charge in [0.25, 0.3) is 0 Å². The molecule has 0 saturated carbocycles. The Labute approximate surface area is 146 Å². The van der Waals surface area contributed by atoms with Gasteiger partial charge in [0, 0.05) is 39.8 Å². The Bertz CT molecular complexity index is 731. The molecule has 3 rings (SSSR count). The predicted molar refractivity (Wildman–Crippen MR) is 95.8 cm³/mol. The summed E-state index contributed by atoms with van der Waals surface area (Å²) >= 11 is 12.4. The number of nitrogens with zero attached hydrogens (tertiary/aromatic N) is 1. The first-order chi connectivity index (χ1) is 10.8. The van der Waals surface area contributed by atoms with Crippen LogP contribution in [0.1, 0.15) is 31.4 Å². The normalized spacial score (nSPS) is 15.0. The van der Waals surface area contributed by atoms with Crippen LogP contribution in [0.25, 0.3) is 0 Å². The highest BCUT2D eigenvalue weighted by Crippen LogP contribution is 2.50. The molecule has 0 spiro atoms. The fraction of sp³-hybridized carbons (Fsp3) is 0.278. The molecule has 1 amide bonds. The van der Waals surface area contributed by atoms with E-state index in [1.54, 1.807) is 0 Å². The maximum absolute atomic E-state index is 11.3. The van der Waals surface area contributed by atoms with Gasteiger partial charge in [-0.2, -0.15) is 0 Å². The number of carbonyl (C=O) groups is 1. The lowest BCUT2D eigenvalue weighted by Crippen LogP contribution is -2.34. The van der Waals surface area contributed by atoms with Crippen molar-refractivity contribution >= 4 is 40.5 Å². The third kappa shape index (κ3) is 2.79. The molecule has 1 aliphatic rings. The molecule has 0 aromatic heterocycles. The second-order valence-corrected chi connectivity index (χ2v) is 7.19. The van der Waals surface area contributed by atoms with Crippen molar-refractivity contribution < 1.29 is 4.79 Å². The minimum atomic E-state index is -0.319. The van der Waals surface area contributed by atoms with E-state index in [1.807, 2.05) is 36.4 Å². The molecule has 0 aliphatic carbocycles. The number of hydrogen-bond donors (Lipinski definition) is 1. The van der Waals surface area contributed by atoms with Crippen LogP contribution in [0.4, 0.5) is 11.4 Å². The molecule has 0 bridgehead atoms. The third-order valence-corrected chi connectivity index (χ3v) is 4.90. The standard InChI is InChI=1S/C18H18Cl2N2O/c1-18(2)13-9-11(19)3-5-15(13)22(8-7-17(21)23)16-6-4-12(20)10-14(16)18/h3-6,9-10H,7-8H2,1-2H3,(H2,21,23). The Morgan fingerprint density at radius 3 is 1.96 bits per heavy atom. The molecule has 2 aromatic rings. The van der Waals surface area contributed by atoms with Crippen LogP contribution >= 0.6 is 23.2 Å². The summed E-state index contributed by atoms with van der Waals surface area (Å²) in [5.41, 5.74) is 9.44. The number of carbonyl (C=O) groups excluding carboxylic acids is 1. The van der Waals surface area contributed by atoms with Crippen LogP contribution < -0.4 is 10.6 Å². The number of hydrogen-bond acceptors (Lipinski definition) is 2. The van der Waals surface area contributed by atoms with Crippen LogP contribution in [0.2, 0.25) is 10.0 Å². The van der Waals surface area contributed by atoms with E-state index in [0.717, 1.165) is 22.5 Å². The van der Waals surface area contributed by atoms with Gasteiger partial charge in [0.2, 0.25) is 5.91 Å². The second kappa shape index (κ2) is 5.73. The van der Waals surface area contributed by atoms with Crippen LogP contribution in [0.3, 0.4) is 0 Å². The number of amides is 1. The Balaban J connectivity index is 2.21. The molecule has 0 radical (unpaired) electrons. The molecular formula is C18H18Cl2N2O. The summed E-state index contributed by atoms with van der Waals surface area (Å²) in [7, 11) is 0. The molecule has 0 saturated heterocycles. The maximum Gasteiger partial charge on any atom is 0.219 e. The highest BCUT2D eigenvalue weighted by atomic mass is 35.5. The van der Waals surface area contributed by atoms with E-state index in [-0.39, 0.29) is 17.7 Å². The molecule has 5 heteroatoms. The summed E-state index contributed by atoms with van der Waals surface area (Å²) in [6, 6.07) is 11.7. The largest absolute Gasteiger partial charge is 0.370 e. The first-order valence-corrected chi connectivity index (χ1v) is 8.22. The summed E-state index contributed by atoms with van der Waals surface area (Å²) in [5.74, 6) is -0.319. The van der Waals surface area contributed by atoms with Gasteiger partial charge in [0.1, 0.15) is 0 Å². The zero-order valence-corrected chi connectivity index (χ0v) is 14.6. The molecule has 120 valence electrons. The Hall–Kier alpha value is -1.71. The van der Waals surface area contributed by atoms with Crippen molar-refractivity contribution in [1.82, 2.24) is 0 Å². The van der Waals surface area contributed by atoms with Crippen molar-refractivity contribution in [2.24, 2.45) is 5.73 Å². The third-order valence-electron chi connectivity index (χ3n) is 4.43. The van der Waals surface area contributed by atoms with Gasteiger partial charge < -0.3 is 10.6 Å². The Kier molecular flexibility index (Phi) is 4.03. The molecule has 2 N–H and O–H groups in total. The van der Waals surface area contributed by atoms with Gasteiger partial charge in [-0.3, -0.25) is 4.79 Å². The van der Waals surface area contributed by atoms with Gasteiger partial charge in [0.05, 0.1) is 0 Å². The van der Waals surface area contributed by atoms with E-state index in [2.05, 4.69) is 18.7 Å². The highest BCUT2D eigenvalue weighted by molar-refractivity contribution is 6.31. The van der Waals surface area contributed by atoms with Crippen LogP contribution in [0, 0.1) is 0 Å². The van der Waals surface area contributed by atoms with Gasteiger partial charge in [-0.15, -0.1) is 0 Å². The fourth-order valence-electron chi connectivity index (χ4n) is 3.23. The van der Waals surface area contributed by atoms with Crippen molar-refractivity contribution in [3.8, 4) is 0 Å². The number of rotatable bonds is 3. The maximum atomic E-state index is 11.3. The van der Waals surface area contributed by atoms with Gasteiger partial charge in [-0.05, 0) is 47.5 Å². The average molecular weight is 349 g/mol. The molecule has 0 fully saturated rings. The number of fused-ring (bicyclic) bond motifs is 2. The SMILES string of the molecule is CC1(C)c2cc(Cl)ccc2N(CCC(N)=O)c2ccc(Cl)cc21. The minimum absolute atomic E-state index is 0.232. The van der Waals surface area contributed by atoms with Crippen LogP contribution in [-0.2, 0) is 10.2 Å². The minimum Gasteiger partial charge on any atom is -0.370 e. The summed E-state index contributed by atoms with van der Waals surface area (Å²) in [4.78, 5) is 13.4. The molecule has 2 aromatic carbocycles. The number of anilines is 2. The van der Waals surface area contributed by atoms with E-state index >= 15 is 0 Å². The zero-order valence-electron chi connectivity index (χ0n) is 13.1. The number of halogens is 2. The summed E-state index contributed by atoms with van der Waals surface area (Å²) in [6.07, 6.45) is 0.282. The second-order valence-electron chi connectivity index (χ2n) is 6.32. The van der Waals surface area contributed by atoms with E-state index in [4.69, 9.17) is 28.9 Å². The number of nitrogens with two attached hydrogens (primary N) is 1. The van der Waals surface area contributed by atoms with E-state index in [0.29, 0.717) is 16.6 Å². The van der Waals surface area contributed by atoms with Crippen molar-refractivity contribution in [3.63, 3.8) is 0 Å². The summed E-state index contributed by atoms with van der Waals surface area (Å²) in [5, 5.41) is 1.38. The lowest BCUT2D eigenvalue weighted by atomic mass is 9.73. The van der Waals surface area contributed by atoms with Crippen LogP contribution in [0.15, 0.2) is 36.4 Å². The Morgan fingerprint density at radius 2 is 1.52 bits per heavy atom. The smallest absolute Gasteiger partial charge is 0.219 e. The van der Waals surface area contributed by atoms with Crippen LogP contribution in [0.5, 0.6) is 0 Å². The first-order valence-electron chi connectivity index (χ1n) is 7.46. The topological polar surface area (TPSA) is 46.3 Å². The quantitative estimate of drug-likeness (QED) is 0.877. The monoisotopic (exact) mass is 348 g/mol. The molecular weight excluding hydrogens is 331 g/mol. The first kappa shape index (κ1) is 16.2. The fourth-order valence-corrected chi connectivity index (χ4v) is 3.57. The zero-order chi connectivity index (χ0) is 16.8. The number of benzene rings is 2. The Morgan fingerprint density at radius 1 is 1.04 bits per heavy atom. The number of primary amides is 1. The van der Waals surface area contributed by atoms with Crippen molar-refractivity contribution in [1.29, 1.82) is 0 Å². The summed E-state index contributed by atoms with van der Waals surface area (Å²) in [6.45, 7) is 4.83. The van der Waals surface area contributed by atoms with Crippen molar-refractivity contribution in [3.05, 3.63) is 57.6 Å². The molecule has 0 atom stereocenters. The van der Waals surface area contributed by atoms with E-state index in [1.165, 1.54) is 0 Å². The van der Waals surface area contributed by atoms with Crippen LogP contribution in [-0.4, -0.2) is 12.5 Å². The summed E-state index contributed by atoms with van der Waals surface area (Å²) < 4.78 is 0. The van der Waals surface area contributed by atoms with Gasteiger partial charge >= 0.3 is 0 Å². The average Bonchev–Trinajstić information content (AvgIpc) is 2.48.